The van der Waals surface area contributed by atoms with Crippen LogP contribution in [0.2, 0.25) is 0 Å². The van der Waals surface area contributed by atoms with Crippen LogP contribution in [0.1, 0.15) is 39.2 Å². The summed E-state index contributed by atoms with van der Waals surface area (Å²) < 4.78 is 5.65. The first kappa shape index (κ1) is 14.1. The molecule has 0 aromatic carbocycles. The zero-order valence-electron chi connectivity index (χ0n) is 12.3. The summed E-state index contributed by atoms with van der Waals surface area (Å²) in [6.07, 6.45) is 3.87. The van der Waals surface area contributed by atoms with E-state index in [4.69, 9.17) is 4.74 Å². The molecule has 2 unspecified atom stereocenters. The van der Waals surface area contributed by atoms with E-state index in [0.29, 0.717) is 0 Å². The van der Waals surface area contributed by atoms with E-state index in [1.165, 1.54) is 0 Å². The number of hydrogen-bond donors (Lipinski definition) is 2. The summed E-state index contributed by atoms with van der Waals surface area (Å²) in [6.45, 7) is 10.2. The lowest BCUT2D eigenvalue weighted by Crippen LogP contribution is -2.41. The Morgan fingerprint density at radius 3 is 2.79 bits per heavy atom. The van der Waals surface area contributed by atoms with E-state index < -0.39 is 0 Å². The maximum atomic E-state index is 5.65. The van der Waals surface area contributed by atoms with Crippen LogP contribution in [0.4, 0.5) is 11.6 Å². The molecule has 1 aromatic rings. The van der Waals surface area contributed by atoms with Gasteiger partial charge in [-0.3, -0.25) is 0 Å². The normalized spacial score (nSPS) is 26.4. The minimum absolute atomic E-state index is 0.0544. The molecule has 2 N–H and O–H groups in total. The Balaban J connectivity index is 2.16. The van der Waals surface area contributed by atoms with Crippen molar-refractivity contribution in [2.75, 3.05) is 23.8 Å². The van der Waals surface area contributed by atoms with E-state index in [1.54, 1.807) is 6.33 Å². The van der Waals surface area contributed by atoms with Crippen LogP contribution in [-0.4, -0.2) is 34.8 Å². The van der Waals surface area contributed by atoms with Crippen molar-refractivity contribution in [3.8, 4) is 0 Å². The standard InChI is InChI=1S/C14H24N4O/c1-5-7-15-12-10(2)13(17-9-16-12)18-14(4)6-8-19-11(14)3/h9,11H,5-8H2,1-4H3,(H2,15,16,17,18). The fraction of sp³-hybridized carbons (Fsp3) is 0.714. The summed E-state index contributed by atoms with van der Waals surface area (Å²) in [5.74, 6) is 1.81. The smallest absolute Gasteiger partial charge is 0.134 e. The molecule has 1 aliphatic heterocycles. The van der Waals surface area contributed by atoms with Crippen LogP contribution in [0.25, 0.3) is 0 Å². The van der Waals surface area contributed by atoms with Crippen molar-refractivity contribution in [3.63, 3.8) is 0 Å². The molecule has 0 spiro atoms. The van der Waals surface area contributed by atoms with E-state index in [2.05, 4.69) is 41.4 Å². The van der Waals surface area contributed by atoms with Gasteiger partial charge in [-0.15, -0.1) is 0 Å². The van der Waals surface area contributed by atoms with Gasteiger partial charge in [0.05, 0.1) is 11.6 Å². The van der Waals surface area contributed by atoms with Crippen molar-refractivity contribution in [1.82, 2.24) is 9.97 Å². The first-order chi connectivity index (χ1) is 9.07. The lowest BCUT2D eigenvalue weighted by atomic mass is 9.94. The lowest BCUT2D eigenvalue weighted by Gasteiger charge is -2.30. The third-order valence-corrected chi connectivity index (χ3v) is 3.92. The number of ether oxygens (including phenoxy) is 1. The topological polar surface area (TPSA) is 59.1 Å². The Labute approximate surface area is 115 Å². The number of hydrogen-bond acceptors (Lipinski definition) is 5. The zero-order valence-corrected chi connectivity index (χ0v) is 12.3. The number of rotatable bonds is 5. The van der Waals surface area contributed by atoms with Gasteiger partial charge in [0.2, 0.25) is 0 Å². The van der Waals surface area contributed by atoms with E-state index >= 15 is 0 Å². The van der Waals surface area contributed by atoms with Gasteiger partial charge < -0.3 is 15.4 Å². The average Bonchev–Trinajstić information content (AvgIpc) is 2.71. The van der Waals surface area contributed by atoms with Crippen LogP contribution < -0.4 is 10.6 Å². The minimum Gasteiger partial charge on any atom is -0.376 e. The van der Waals surface area contributed by atoms with Crippen LogP contribution >= 0.6 is 0 Å². The summed E-state index contributed by atoms with van der Waals surface area (Å²) in [5.41, 5.74) is 1.01. The minimum atomic E-state index is -0.0544. The SMILES string of the molecule is CCCNc1ncnc(NC2(C)CCOC2C)c1C. The van der Waals surface area contributed by atoms with Gasteiger partial charge >= 0.3 is 0 Å². The van der Waals surface area contributed by atoms with Crippen molar-refractivity contribution in [1.29, 1.82) is 0 Å². The third kappa shape index (κ3) is 2.97. The molecule has 5 nitrogen and oxygen atoms in total. The molecule has 0 saturated carbocycles. The third-order valence-electron chi connectivity index (χ3n) is 3.92. The van der Waals surface area contributed by atoms with E-state index in [9.17, 15) is 0 Å². The zero-order chi connectivity index (χ0) is 13.9. The molecule has 0 radical (unpaired) electrons. The number of aromatic nitrogens is 2. The van der Waals surface area contributed by atoms with Crippen LogP contribution in [-0.2, 0) is 4.74 Å². The van der Waals surface area contributed by atoms with Gasteiger partial charge in [-0.2, -0.15) is 0 Å². The van der Waals surface area contributed by atoms with Crippen molar-refractivity contribution in [2.24, 2.45) is 0 Å². The predicted octanol–water partition coefficient (Wildman–Crippen LogP) is 2.59. The van der Waals surface area contributed by atoms with Gasteiger partial charge in [0.1, 0.15) is 18.0 Å². The maximum Gasteiger partial charge on any atom is 0.134 e. The van der Waals surface area contributed by atoms with Gasteiger partial charge in [-0.1, -0.05) is 6.92 Å². The molecule has 1 saturated heterocycles. The van der Waals surface area contributed by atoms with E-state index in [1.807, 2.05) is 6.92 Å². The Kier molecular flexibility index (Phi) is 4.24. The second kappa shape index (κ2) is 5.74. The fourth-order valence-corrected chi connectivity index (χ4v) is 2.27. The van der Waals surface area contributed by atoms with Gasteiger partial charge in [-0.05, 0) is 33.6 Å². The van der Waals surface area contributed by atoms with Gasteiger partial charge in [0, 0.05) is 18.7 Å². The second-order valence-corrected chi connectivity index (χ2v) is 5.43. The molecule has 0 amide bonds. The predicted molar refractivity (Wildman–Crippen MR) is 77.6 cm³/mol. The van der Waals surface area contributed by atoms with E-state index in [0.717, 1.165) is 43.2 Å². The summed E-state index contributed by atoms with van der Waals surface area (Å²) in [6, 6.07) is 0. The van der Waals surface area contributed by atoms with Crippen LogP contribution in [0, 0.1) is 6.92 Å². The van der Waals surface area contributed by atoms with Gasteiger partial charge in [0.25, 0.3) is 0 Å². The first-order valence-electron chi connectivity index (χ1n) is 7.02. The molecule has 1 fully saturated rings. The second-order valence-electron chi connectivity index (χ2n) is 5.43. The van der Waals surface area contributed by atoms with Crippen molar-refractivity contribution < 1.29 is 4.74 Å². The highest BCUT2D eigenvalue weighted by atomic mass is 16.5. The Bertz CT molecular complexity index is 437. The van der Waals surface area contributed by atoms with Crippen molar-refractivity contribution in [2.45, 2.75) is 52.2 Å². The fourth-order valence-electron chi connectivity index (χ4n) is 2.27. The summed E-state index contributed by atoms with van der Waals surface area (Å²) >= 11 is 0. The molecule has 1 aliphatic rings. The quantitative estimate of drug-likeness (QED) is 0.856. The van der Waals surface area contributed by atoms with Gasteiger partial charge in [0.15, 0.2) is 0 Å². The molecule has 2 rings (SSSR count). The van der Waals surface area contributed by atoms with E-state index in [-0.39, 0.29) is 11.6 Å². The van der Waals surface area contributed by atoms with Crippen LogP contribution in [0.15, 0.2) is 6.33 Å². The molecule has 5 heteroatoms. The molecule has 19 heavy (non-hydrogen) atoms. The largest absolute Gasteiger partial charge is 0.376 e. The highest BCUT2D eigenvalue weighted by molar-refractivity contribution is 5.57. The average molecular weight is 264 g/mol. The molecule has 2 atom stereocenters. The summed E-state index contributed by atoms with van der Waals surface area (Å²) in [4.78, 5) is 8.67. The number of nitrogens with one attached hydrogen (secondary N) is 2. The molecular weight excluding hydrogens is 240 g/mol. The van der Waals surface area contributed by atoms with Crippen LogP contribution in [0.5, 0.6) is 0 Å². The van der Waals surface area contributed by atoms with Crippen molar-refractivity contribution >= 4 is 11.6 Å². The van der Waals surface area contributed by atoms with Crippen LogP contribution in [0.3, 0.4) is 0 Å². The van der Waals surface area contributed by atoms with Crippen molar-refractivity contribution in [3.05, 3.63) is 11.9 Å². The highest BCUT2D eigenvalue weighted by Crippen LogP contribution is 2.30. The summed E-state index contributed by atoms with van der Waals surface area (Å²) in [7, 11) is 0. The Morgan fingerprint density at radius 2 is 2.16 bits per heavy atom. The van der Waals surface area contributed by atoms with Gasteiger partial charge in [-0.25, -0.2) is 9.97 Å². The molecule has 0 bridgehead atoms. The number of nitrogens with zero attached hydrogens (tertiary/aromatic N) is 2. The highest BCUT2D eigenvalue weighted by Gasteiger charge is 2.37. The lowest BCUT2D eigenvalue weighted by molar-refractivity contribution is 0.105. The molecular formula is C14H24N4O. The monoisotopic (exact) mass is 264 g/mol. The Morgan fingerprint density at radius 1 is 1.42 bits per heavy atom. The number of anilines is 2. The molecule has 2 heterocycles. The Hall–Kier alpha value is -1.36. The molecule has 0 aliphatic carbocycles. The summed E-state index contributed by atoms with van der Waals surface area (Å²) in [5, 5.41) is 6.87. The molecule has 1 aromatic heterocycles. The molecule has 106 valence electrons. The first-order valence-corrected chi connectivity index (χ1v) is 7.02. The maximum absolute atomic E-state index is 5.65.